The summed E-state index contributed by atoms with van der Waals surface area (Å²) in [7, 11) is -3.20. The first-order valence-electron chi connectivity index (χ1n) is 15.5. The number of hydrogen-bond acceptors (Lipinski definition) is 5. The molecule has 2 N–H and O–H groups in total. The van der Waals surface area contributed by atoms with Crippen LogP contribution in [0.4, 0.5) is 0 Å². The van der Waals surface area contributed by atoms with Gasteiger partial charge < -0.3 is 10.2 Å². The number of fused-ring (bicyclic) bond motifs is 1. The second kappa shape index (κ2) is 16.1. The zero-order valence-electron chi connectivity index (χ0n) is 24.6. The molecule has 3 aliphatic rings. The van der Waals surface area contributed by atoms with Crippen LogP contribution in [0.2, 0.25) is 0 Å². The molecule has 1 aromatic heterocycles. The van der Waals surface area contributed by atoms with Crippen LogP contribution >= 0.6 is 24.8 Å². The Bertz CT molecular complexity index is 1240. The number of aromatic nitrogens is 2. The highest BCUT2D eigenvalue weighted by Gasteiger charge is 2.34. The van der Waals surface area contributed by atoms with Crippen LogP contribution in [0.15, 0.2) is 29.1 Å². The Morgan fingerprint density at radius 3 is 2.32 bits per heavy atom. The van der Waals surface area contributed by atoms with Gasteiger partial charge in [-0.25, -0.2) is 17.9 Å². The molecule has 234 valence electrons. The van der Waals surface area contributed by atoms with Crippen molar-refractivity contribution in [2.24, 2.45) is 11.8 Å². The van der Waals surface area contributed by atoms with Gasteiger partial charge in [0.15, 0.2) is 0 Å². The summed E-state index contributed by atoms with van der Waals surface area (Å²) in [5, 5.41) is 3.56. The molecule has 41 heavy (non-hydrogen) atoms. The Morgan fingerprint density at radius 2 is 1.63 bits per heavy atom. The van der Waals surface area contributed by atoms with Crippen molar-refractivity contribution in [2.45, 2.75) is 95.7 Å². The number of rotatable bonds is 10. The average molecular weight is 633 g/mol. The predicted octanol–water partition coefficient (Wildman–Crippen LogP) is 4.95. The second-order valence-corrected chi connectivity index (χ2v) is 14.3. The number of benzene rings is 1. The van der Waals surface area contributed by atoms with E-state index >= 15 is 0 Å². The predicted molar refractivity (Wildman–Crippen MR) is 173 cm³/mol. The van der Waals surface area contributed by atoms with Crippen molar-refractivity contribution in [3.63, 3.8) is 0 Å². The maximum atomic E-state index is 14.0. The maximum absolute atomic E-state index is 14.0. The molecule has 2 saturated heterocycles. The Labute approximate surface area is 258 Å². The molecule has 2 aliphatic heterocycles. The average Bonchev–Trinajstić information content (AvgIpc) is 3.50. The van der Waals surface area contributed by atoms with Gasteiger partial charge in [-0.2, -0.15) is 0 Å². The van der Waals surface area contributed by atoms with Crippen LogP contribution in [0.25, 0.3) is 11.0 Å². The summed E-state index contributed by atoms with van der Waals surface area (Å²) in [5.41, 5.74) is 2.19. The molecule has 5 rings (SSSR count). The summed E-state index contributed by atoms with van der Waals surface area (Å²) in [4.78, 5) is 16.7. The van der Waals surface area contributed by atoms with Gasteiger partial charge in [0.2, 0.25) is 10.0 Å². The maximum Gasteiger partial charge on any atom is 0.329 e. The van der Waals surface area contributed by atoms with Gasteiger partial charge in [-0.15, -0.1) is 24.8 Å². The van der Waals surface area contributed by atoms with Gasteiger partial charge in [-0.05, 0) is 75.5 Å². The van der Waals surface area contributed by atoms with E-state index in [-0.39, 0.29) is 36.5 Å². The lowest BCUT2D eigenvalue weighted by Gasteiger charge is -2.41. The topological polar surface area (TPSA) is 88.4 Å². The van der Waals surface area contributed by atoms with Crippen molar-refractivity contribution < 1.29 is 8.42 Å². The molecule has 3 heterocycles. The quantitative estimate of drug-likeness (QED) is 0.362. The van der Waals surface area contributed by atoms with Gasteiger partial charge >= 0.3 is 5.69 Å². The number of imidazole rings is 1. The van der Waals surface area contributed by atoms with Crippen LogP contribution < -0.4 is 15.7 Å². The van der Waals surface area contributed by atoms with Crippen molar-refractivity contribution in [1.29, 1.82) is 0 Å². The zero-order chi connectivity index (χ0) is 27.2. The molecule has 3 atom stereocenters. The smallest absolute Gasteiger partial charge is 0.312 e. The number of piperidine rings is 1. The first kappa shape index (κ1) is 34.4. The Morgan fingerprint density at radius 1 is 0.927 bits per heavy atom. The molecular weight excluding hydrogens is 581 g/mol. The van der Waals surface area contributed by atoms with Crippen molar-refractivity contribution >= 4 is 45.9 Å². The molecule has 0 radical (unpaired) electrons. The minimum Gasteiger partial charge on any atom is -0.312 e. The van der Waals surface area contributed by atoms with Gasteiger partial charge in [-0.3, -0.25) is 9.13 Å². The summed E-state index contributed by atoms with van der Waals surface area (Å²) in [6, 6.07) is 8.77. The van der Waals surface area contributed by atoms with Gasteiger partial charge in [0.05, 0.1) is 17.3 Å². The van der Waals surface area contributed by atoms with Crippen molar-refractivity contribution in [2.75, 3.05) is 39.0 Å². The van der Waals surface area contributed by atoms with Crippen LogP contribution in [0, 0.1) is 11.8 Å². The van der Waals surface area contributed by atoms with Gasteiger partial charge in [0.1, 0.15) is 0 Å². The van der Waals surface area contributed by atoms with E-state index in [1.54, 1.807) is 0 Å². The van der Waals surface area contributed by atoms with Gasteiger partial charge in [-0.1, -0.05) is 44.2 Å². The normalized spacial score (nSPS) is 24.9. The molecule has 1 aromatic carbocycles. The highest BCUT2D eigenvalue weighted by atomic mass is 35.5. The molecule has 0 bridgehead atoms. The third kappa shape index (κ3) is 9.19. The minimum absolute atomic E-state index is 0. The number of sulfonamides is 1. The number of halogens is 2. The Kier molecular flexibility index (Phi) is 13.5. The molecular formula is C30H51Cl2N5O3S. The summed E-state index contributed by atoms with van der Waals surface area (Å²) in [6.45, 7) is 5.37. The third-order valence-electron chi connectivity index (χ3n) is 9.40. The molecule has 2 aromatic rings. The van der Waals surface area contributed by atoms with Crippen LogP contribution in [0.5, 0.6) is 0 Å². The number of nitrogens with one attached hydrogen (secondary N) is 2. The largest absolute Gasteiger partial charge is 0.329 e. The van der Waals surface area contributed by atoms with Crippen molar-refractivity contribution in [3.05, 3.63) is 34.7 Å². The van der Waals surface area contributed by atoms with E-state index in [1.165, 1.54) is 57.6 Å². The number of likely N-dealkylation sites (tertiary alicyclic amines) is 1. The van der Waals surface area contributed by atoms with E-state index < -0.39 is 10.0 Å². The number of hydrogen-bond donors (Lipinski definition) is 2. The molecule has 0 spiro atoms. The molecule has 1 aliphatic carbocycles. The summed E-state index contributed by atoms with van der Waals surface area (Å²) in [6.07, 6.45) is 15.7. The third-order valence-corrected chi connectivity index (χ3v) is 10.1. The number of nitrogens with zero attached hydrogens (tertiary/aromatic N) is 3. The van der Waals surface area contributed by atoms with Crippen molar-refractivity contribution in [1.82, 2.24) is 24.1 Å². The second-order valence-electron chi connectivity index (χ2n) is 12.4. The van der Waals surface area contributed by atoms with Crippen LogP contribution in [0.3, 0.4) is 0 Å². The first-order chi connectivity index (χ1) is 18.9. The Balaban J connectivity index is 0.00000231. The number of para-hydroxylation sites is 2. The van der Waals surface area contributed by atoms with Gasteiger partial charge in [0, 0.05) is 44.8 Å². The lowest BCUT2D eigenvalue weighted by molar-refractivity contribution is 0.0959. The minimum atomic E-state index is -3.20. The van der Waals surface area contributed by atoms with E-state index in [9.17, 15) is 13.2 Å². The lowest BCUT2D eigenvalue weighted by Crippen LogP contribution is -2.46. The van der Waals surface area contributed by atoms with Crippen LogP contribution in [-0.4, -0.2) is 67.5 Å². The monoisotopic (exact) mass is 631 g/mol. The Hall–Kier alpha value is -1.10. The molecule has 3 fully saturated rings. The van der Waals surface area contributed by atoms with Crippen LogP contribution in [-0.2, 0) is 16.6 Å². The molecule has 0 unspecified atom stereocenters. The van der Waals surface area contributed by atoms with E-state index in [2.05, 4.69) is 31.6 Å². The highest BCUT2D eigenvalue weighted by Crippen LogP contribution is 2.34. The summed E-state index contributed by atoms with van der Waals surface area (Å²) >= 11 is 0. The molecule has 8 nitrogen and oxygen atoms in total. The van der Waals surface area contributed by atoms with E-state index in [1.807, 2.05) is 16.7 Å². The van der Waals surface area contributed by atoms with Crippen molar-refractivity contribution in [3.8, 4) is 0 Å². The zero-order valence-corrected chi connectivity index (χ0v) is 27.1. The lowest BCUT2D eigenvalue weighted by atomic mass is 9.86. The molecule has 11 heteroatoms. The SMILES string of the molecule is CS(=O)(=O)NCCC[C@@H]1CN(CC2CCCCCCC2)CC[C@H]1n1c(=O)n(C[C@@H]2CCCN2)c2ccccc21.Cl.Cl. The fourth-order valence-corrected chi connectivity index (χ4v) is 7.97. The van der Waals surface area contributed by atoms with Crippen LogP contribution in [0.1, 0.15) is 83.1 Å². The fraction of sp³-hybridized carbons (Fsp3) is 0.767. The molecule has 0 amide bonds. The molecule has 1 saturated carbocycles. The van der Waals surface area contributed by atoms with E-state index in [4.69, 9.17) is 0 Å². The standard InChI is InChI=1S/C30H49N5O3S.2ClH/c1-39(37,38)32-19-9-13-25-22-33(21-24-11-5-3-2-4-6-12-24)20-17-27(25)35-29-16-8-7-15-28(29)34(30(35)36)23-26-14-10-18-31-26;;/h7-8,15-16,24-27,31-32H,2-6,9-14,17-23H2,1H3;2*1H/t25-,26+,27-;;/m1../s1. The highest BCUT2D eigenvalue weighted by molar-refractivity contribution is 7.88. The first-order valence-corrected chi connectivity index (χ1v) is 17.4. The van der Waals surface area contributed by atoms with E-state index in [0.29, 0.717) is 18.5 Å². The van der Waals surface area contributed by atoms with Gasteiger partial charge in [0.25, 0.3) is 0 Å². The summed E-state index contributed by atoms with van der Waals surface area (Å²) in [5.74, 6) is 1.09. The summed E-state index contributed by atoms with van der Waals surface area (Å²) < 4.78 is 30.1. The van der Waals surface area contributed by atoms with E-state index in [0.717, 1.165) is 75.4 Å². The fourth-order valence-electron chi connectivity index (χ4n) is 7.46.